The topological polar surface area (TPSA) is 91.0 Å². The molecule has 138 valence electrons. The van der Waals surface area contributed by atoms with Crippen LogP contribution in [0, 0.1) is 0 Å². The summed E-state index contributed by atoms with van der Waals surface area (Å²) in [6, 6.07) is 6.32. The summed E-state index contributed by atoms with van der Waals surface area (Å²) < 4.78 is 31.7. The number of morpholine rings is 1. The molecule has 1 aromatic rings. The molecule has 9 heteroatoms. The van der Waals surface area contributed by atoms with Gasteiger partial charge in [-0.3, -0.25) is 9.69 Å². The minimum absolute atomic E-state index is 0.0920. The van der Waals surface area contributed by atoms with Gasteiger partial charge in [-0.1, -0.05) is 0 Å². The van der Waals surface area contributed by atoms with E-state index in [0.717, 1.165) is 26.2 Å². The lowest BCUT2D eigenvalue weighted by Gasteiger charge is -2.26. The van der Waals surface area contributed by atoms with Crippen molar-refractivity contribution in [2.45, 2.75) is 4.90 Å². The number of hydrogen-bond donors (Lipinski definition) is 2. The van der Waals surface area contributed by atoms with Crippen molar-refractivity contribution < 1.29 is 17.9 Å². The van der Waals surface area contributed by atoms with Crippen molar-refractivity contribution >= 4 is 21.6 Å². The van der Waals surface area contributed by atoms with Crippen molar-refractivity contribution in [2.75, 3.05) is 64.3 Å². The summed E-state index contributed by atoms with van der Waals surface area (Å²) in [6.07, 6.45) is 0. The zero-order valence-corrected chi connectivity index (χ0v) is 14.9. The summed E-state index contributed by atoms with van der Waals surface area (Å²) in [6.45, 7) is 5.39. The number of piperazine rings is 1. The fourth-order valence-corrected chi connectivity index (χ4v) is 4.33. The number of benzene rings is 1. The van der Waals surface area contributed by atoms with Crippen molar-refractivity contribution in [2.24, 2.45) is 0 Å². The molecule has 3 rings (SSSR count). The third-order valence-corrected chi connectivity index (χ3v) is 6.24. The molecule has 2 fully saturated rings. The Balaban J connectivity index is 1.58. The van der Waals surface area contributed by atoms with E-state index in [0.29, 0.717) is 38.5 Å². The highest BCUT2D eigenvalue weighted by Gasteiger charge is 2.26. The first-order valence-electron chi connectivity index (χ1n) is 8.46. The molecule has 8 nitrogen and oxygen atoms in total. The van der Waals surface area contributed by atoms with E-state index in [2.05, 4.69) is 15.5 Å². The van der Waals surface area contributed by atoms with Crippen molar-refractivity contribution in [3.05, 3.63) is 24.3 Å². The Morgan fingerprint density at radius 2 is 1.72 bits per heavy atom. The summed E-state index contributed by atoms with van der Waals surface area (Å²) >= 11 is 0. The highest BCUT2D eigenvalue weighted by molar-refractivity contribution is 7.89. The molecule has 2 aliphatic rings. The molecule has 2 heterocycles. The van der Waals surface area contributed by atoms with Crippen LogP contribution in [0.2, 0.25) is 0 Å². The molecule has 0 aliphatic carbocycles. The summed E-state index contributed by atoms with van der Waals surface area (Å²) in [4.78, 5) is 14.4. The van der Waals surface area contributed by atoms with Crippen molar-refractivity contribution in [1.82, 2.24) is 14.5 Å². The van der Waals surface area contributed by atoms with Gasteiger partial charge in [0, 0.05) is 45.0 Å². The highest BCUT2D eigenvalue weighted by Crippen LogP contribution is 2.19. The fourth-order valence-electron chi connectivity index (χ4n) is 2.92. The normalized spacial score (nSPS) is 20.3. The maximum Gasteiger partial charge on any atom is 0.243 e. The van der Waals surface area contributed by atoms with Gasteiger partial charge in [0.15, 0.2) is 0 Å². The lowest BCUT2D eigenvalue weighted by molar-refractivity contribution is -0.117. The summed E-state index contributed by atoms with van der Waals surface area (Å²) in [5.41, 5.74) is 0.598. The number of sulfonamides is 1. The number of carbonyl (C=O) groups is 1. The quantitative estimate of drug-likeness (QED) is 0.732. The van der Waals surface area contributed by atoms with Crippen molar-refractivity contribution in [3.8, 4) is 0 Å². The van der Waals surface area contributed by atoms with Gasteiger partial charge in [-0.2, -0.15) is 4.31 Å². The molecule has 0 spiro atoms. The van der Waals surface area contributed by atoms with Crippen LogP contribution in [0.3, 0.4) is 0 Å². The maximum absolute atomic E-state index is 12.6. The number of amides is 1. The Kier molecular flexibility index (Phi) is 6.02. The van der Waals surface area contributed by atoms with E-state index in [1.807, 2.05) is 0 Å². The highest BCUT2D eigenvalue weighted by atomic mass is 32.2. The second kappa shape index (κ2) is 8.24. The molecule has 0 atom stereocenters. The number of nitrogens with one attached hydrogen (secondary N) is 2. The van der Waals surface area contributed by atoms with E-state index in [-0.39, 0.29) is 10.8 Å². The number of rotatable bonds is 5. The van der Waals surface area contributed by atoms with Crippen LogP contribution in [0.1, 0.15) is 0 Å². The van der Waals surface area contributed by atoms with Gasteiger partial charge < -0.3 is 15.4 Å². The van der Waals surface area contributed by atoms with Crippen LogP contribution >= 0.6 is 0 Å². The predicted octanol–water partition coefficient (Wildman–Crippen LogP) is -0.449. The molecular formula is C16H24N4O4S. The van der Waals surface area contributed by atoms with Crippen LogP contribution in [0.4, 0.5) is 5.69 Å². The summed E-state index contributed by atoms with van der Waals surface area (Å²) in [5, 5.41) is 6.06. The average Bonchev–Trinajstić information content (AvgIpc) is 2.63. The van der Waals surface area contributed by atoms with E-state index >= 15 is 0 Å². The van der Waals surface area contributed by atoms with Crippen molar-refractivity contribution in [3.63, 3.8) is 0 Å². The maximum atomic E-state index is 12.6. The van der Waals surface area contributed by atoms with Crippen molar-refractivity contribution in [1.29, 1.82) is 0 Å². The van der Waals surface area contributed by atoms with Crippen LogP contribution in [0.5, 0.6) is 0 Å². The molecular weight excluding hydrogens is 344 g/mol. The van der Waals surface area contributed by atoms with E-state index in [1.54, 1.807) is 12.1 Å². The fraction of sp³-hybridized carbons (Fsp3) is 0.562. The first-order chi connectivity index (χ1) is 12.1. The first kappa shape index (κ1) is 18.3. The van der Waals surface area contributed by atoms with Gasteiger partial charge in [-0.05, 0) is 24.3 Å². The monoisotopic (exact) mass is 368 g/mol. The second-order valence-corrected chi connectivity index (χ2v) is 8.05. The van der Waals surface area contributed by atoms with Crippen LogP contribution in [-0.2, 0) is 19.6 Å². The van der Waals surface area contributed by atoms with Crippen LogP contribution < -0.4 is 10.6 Å². The van der Waals surface area contributed by atoms with Crippen LogP contribution in [0.15, 0.2) is 29.2 Å². The summed E-state index contributed by atoms with van der Waals surface area (Å²) in [5.74, 6) is -0.0920. The zero-order valence-electron chi connectivity index (χ0n) is 14.1. The predicted molar refractivity (Wildman–Crippen MR) is 94.0 cm³/mol. The van der Waals surface area contributed by atoms with Gasteiger partial charge in [0.25, 0.3) is 0 Å². The number of ether oxygens (including phenoxy) is 1. The summed E-state index contributed by atoms with van der Waals surface area (Å²) in [7, 11) is -3.50. The van der Waals surface area contributed by atoms with Crippen LogP contribution in [0.25, 0.3) is 0 Å². The molecule has 2 aliphatic heterocycles. The second-order valence-electron chi connectivity index (χ2n) is 6.12. The molecule has 0 unspecified atom stereocenters. The Morgan fingerprint density at radius 1 is 1.08 bits per heavy atom. The lowest BCUT2D eigenvalue weighted by atomic mass is 10.3. The minimum Gasteiger partial charge on any atom is -0.379 e. The number of carbonyl (C=O) groups excluding carboxylic acids is 1. The number of anilines is 1. The molecule has 1 amide bonds. The Hall–Kier alpha value is -1.52. The van der Waals surface area contributed by atoms with Gasteiger partial charge in [-0.15, -0.1) is 0 Å². The van der Waals surface area contributed by atoms with Gasteiger partial charge >= 0.3 is 0 Å². The molecule has 0 saturated carbocycles. The smallest absolute Gasteiger partial charge is 0.243 e. The number of hydrogen-bond acceptors (Lipinski definition) is 6. The SMILES string of the molecule is O=C(CN1CCNCC1)Nc1ccc(S(=O)(=O)N2CCOCC2)cc1. The third-order valence-electron chi connectivity index (χ3n) is 4.32. The largest absolute Gasteiger partial charge is 0.379 e. The molecule has 1 aromatic carbocycles. The third kappa shape index (κ3) is 4.77. The molecule has 0 bridgehead atoms. The standard InChI is InChI=1S/C16H24N4O4S/c21-16(13-19-7-5-17-6-8-19)18-14-1-3-15(4-2-14)25(22,23)20-9-11-24-12-10-20/h1-4,17H,5-13H2,(H,18,21). The average molecular weight is 368 g/mol. The molecule has 2 N–H and O–H groups in total. The van der Waals surface area contributed by atoms with Gasteiger partial charge in [0.05, 0.1) is 24.7 Å². The van der Waals surface area contributed by atoms with Crippen LogP contribution in [-0.4, -0.2) is 82.6 Å². The van der Waals surface area contributed by atoms with E-state index in [9.17, 15) is 13.2 Å². The van der Waals surface area contributed by atoms with Gasteiger partial charge in [0.2, 0.25) is 15.9 Å². The van der Waals surface area contributed by atoms with E-state index < -0.39 is 10.0 Å². The molecule has 25 heavy (non-hydrogen) atoms. The number of nitrogens with zero attached hydrogens (tertiary/aromatic N) is 2. The Labute approximate surface area is 148 Å². The van der Waals surface area contributed by atoms with Gasteiger partial charge in [-0.25, -0.2) is 8.42 Å². The zero-order chi connectivity index (χ0) is 17.7. The molecule has 2 saturated heterocycles. The van der Waals surface area contributed by atoms with E-state index in [4.69, 9.17) is 4.74 Å². The van der Waals surface area contributed by atoms with E-state index in [1.165, 1.54) is 16.4 Å². The molecule has 0 radical (unpaired) electrons. The lowest BCUT2D eigenvalue weighted by Crippen LogP contribution is -2.46. The Bertz CT molecular complexity index is 681. The van der Waals surface area contributed by atoms with Gasteiger partial charge in [0.1, 0.15) is 0 Å². The Morgan fingerprint density at radius 3 is 2.36 bits per heavy atom. The minimum atomic E-state index is -3.50. The molecule has 0 aromatic heterocycles. The first-order valence-corrected chi connectivity index (χ1v) is 9.90.